The molecule has 0 unspecified atom stereocenters. The van der Waals surface area contributed by atoms with Gasteiger partial charge in [0.25, 0.3) is 0 Å². The summed E-state index contributed by atoms with van der Waals surface area (Å²) in [4.78, 5) is 15.1. The Bertz CT molecular complexity index is 3260. The largest absolute Gasteiger partial charge is 0.455 e. The molecule has 5 heteroatoms. The second-order valence-electron chi connectivity index (χ2n) is 14.0. The van der Waals surface area contributed by atoms with E-state index in [-0.39, 0.29) is 0 Å². The monoisotopic (exact) mass is 733 g/mol. The van der Waals surface area contributed by atoms with Gasteiger partial charge >= 0.3 is 0 Å². The minimum Gasteiger partial charge on any atom is -0.455 e. The standard InChI is InChI=1S/C51H31N3OS/c1-3-13-32(14-4-1)34-17-11-18-36(29-34)50-52-49(33-15-5-2-6-16-33)53-51(54-50)37-25-27-41-44-30-35(26-28-46(44)56-47(41)31-37)38-19-7-8-20-39(38)42-22-12-23-43-40-21-9-10-24-45(40)55-48(42)43/h1-31H. The third kappa shape index (κ3) is 5.56. The Morgan fingerprint density at radius 1 is 0.321 bits per heavy atom. The Morgan fingerprint density at radius 2 is 0.911 bits per heavy atom. The van der Waals surface area contributed by atoms with Crippen molar-refractivity contribution in [2.24, 2.45) is 0 Å². The van der Waals surface area contributed by atoms with Crippen LogP contribution < -0.4 is 0 Å². The van der Waals surface area contributed by atoms with Crippen LogP contribution in [0.25, 0.3) is 110 Å². The lowest BCUT2D eigenvalue weighted by Gasteiger charge is -2.11. The molecule has 0 bridgehead atoms. The van der Waals surface area contributed by atoms with Crippen molar-refractivity contribution in [2.75, 3.05) is 0 Å². The summed E-state index contributed by atoms with van der Waals surface area (Å²) in [6.07, 6.45) is 0. The maximum atomic E-state index is 6.47. The van der Waals surface area contributed by atoms with Crippen molar-refractivity contribution in [1.29, 1.82) is 0 Å². The van der Waals surface area contributed by atoms with E-state index in [1.54, 1.807) is 11.3 Å². The summed E-state index contributed by atoms with van der Waals surface area (Å²) in [6.45, 7) is 0. The molecule has 0 N–H and O–H groups in total. The van der Waals surface area contributed by atoms with E-state index in [2.05, 4.69) is 140 Å². The first-order valence-electron chi connectivity index (χ1n) is 18.7. The topological polar surface area (TPSA) is 51.8 Å². The van der Waals surface area contributed by atoms with E-state index in [0.717, 1.165) is 66.4 Å². The van der Waals surface area contributed by atoms with E-state index in [1.807, 2.05) is 48.5 Å². The predicted molar refractivity (Wildman–Crippen MR) is 233 cm³/mol. The first-order chi connectivity index (χ1) is 27.7. The number of aromatic nitrogens is 3. The number of rotatable bonds is 6. The average Bonchev–Trinajstić information content (AvgIpc) is 3.85. The fourth-order valence-electron chi connectivity index (χ4n) is 7.83. The Labute approximate surface area is 327 Å². The van der Waals surface area contributed by atoms with Crippen LogP contribution in [0.3, 0.4) is 0 Å². The van der Waals surface area contributed by atoms with Crippen LogP contribution in [0.1, 0.15) is 0 Å². The Hall–Kier alpha value is -7.21. The fourth-order valence-corrected chi connectivity index (χ4v) is 8.96. The number of benzene rings is 8. The number of furan rings is 1. The van der Waals surface area contributed by atoms with Crippen molar-refractivity contribution in [3.8, 4) is 67.5 Å². The predicted octanol–water partition coefficient (Wildman–Crippen LogP) is 14.1. The average molecular weight is 734 g/mol. The first-order valence-corrected chi connectivity index (χ1v) is 19.5. The number of fused-ring (bicyclic) bond motifs is 6. The minimum absolute atomic E-state index is 0.643. The molecule has 8 aromatic carbocycles. The summed E-state index contributed by atoms with van der Waals surface area (Å²) in [7, 11) is 0. The van der Waals surface area contributed by atoms with Gasteiger partial charge in [-0.05, 0) is 58.1 Å². The molecule has 0 saturated carbocycles. The van der Waals surface area contributed by atoms with Crippen molar-refractivity contribution >= 4 is 53.4 Å². The van der Waals surface area contributed by atoms with Crippen LogP contribution in [0.5, 0.6) is 0 Å². The van der Waals surface area contributed by atoms with Gasteiger partial charge in [0.1, 0.15) is 11.2 Å². The van der Waals surface area contributed by atoms with E-state index >= 15 is 0 Å². The Morgan fingerprint density at radius 3 is 1.73 bits per heavy atom. The highest BCUT2D eigenvalue weighted by Gasteiger charge is 2.18. The van der Waals surface area contributed by atoms with Gasteiger partial charge in [-0.25, -0.2) is 15.0 Å². The Kier molecular flexibility index (Phi) is 7.64. The minimum atomic E-state index is 0.643. The van der Waals surface area contributed by atoms with E-state index in [1.165, 1.54) is 25.7 Å². The van der Waals surface area contributed by atoms with Crippen LogP contribution in [-0.2, 0) is 0 Å². The zero-order chi connectivity index (χ0) is 37.0. The molecule has 3 aromatic heterocycles. The normalized spacial score (nSPS) is 11.6. The number of thiophene rings is 1. The van der Waals surface area contributed by atoms with Crippen molar-refractivity contribution in [2.45, 2.75) is 0 Å². The zero-order valence-electron chi connectivity index (χ0n) is 30.1. The molecule has 11 aromatic rings. The van der Waals surface area contributed by atoms with Gasteiger partial charge < -0.3 is 4.42 Å². The van der Waals surface area contributed by atoms with Crippen LogP contribution in [0.4, 0.5) is 0 Å². The van der Waals surface area contributed by atoms with Gasteiger partial charge in [-0.2, -0.15) is 0 Å². The van der Waals surface area contributed by atoms with Gasteiger partial charge in [0.15, 0.2) is 17.5 Å². The number of hydrogen-bond donors (Lipinski definition) is 0. The fraction of sp³-hybridized carbons (Fsp3) is 0. The Balaban J connectivity index is 1.01. The molecule has 262 valence electrons. The van der Waals surface area contributed by atoms with Gasteiger partial charge in [0.05, 0.1) is 0 Å². The summed E-state index contributed by atoms with van der Waals surface area (Å²) < 4.78 is 8.89. The lowest BCUT2D eigenvalue weighted by Crippen LogP contribution is -2.00. The van der Waals surface area contributed by atoms with Gasteiger partial charge in [-0.3, -0.25) is 0 Å². The lowest BCUT2D eigenvalue weighted by molar-refractivity contribution is 0.670. The van der Waals surface area contributed by atoms with Gasteiger partial charge in [0.2, 0.25) is 0 Å². The second kappa shape index (κ2) is 13.3. The van der Waals surface area contributed by atoms with E-state index in [0.29, 0.717) is 17.5 Å². The van der Waals surface area contributed by atoms with Gasteiger partial charge in [0, 0.05) is 53.2 Å². The second-order valence-corrected chi connectivity index (χ2v) is 15.1. The molecule has 0 atom stereocenters. The molecule has 0 amide bonds. The molecule has 0 fully saturated rings. The van der Waals surface area contributed by atoms with E-state index in [9.17, 15) is 0 Å². The third-order valence-corrected chi connectivity index (χ3v) is 11.7. The quantitative estimate of drug-likeness (QED) is 0.171. The molecule has 56 heavy (non-hydrogen) atoms. The molecule has 0 radical (unpaired) electrons. The van der Waals surface area contributed by atoms with Crippen molar-refractivity contribution in [3.05, 3.63) is 188 Å². The van der Waals surface area contributed by atoms with Gasteiger partial charge in [-0.1, -0.05) is 158 Å². The summed E-state index contributed by atoms with van der Waals surface area (Å²) in [5.41, 5.74) is 11.5. The van der Waals surface area contributed by atoms with Gasteiger partial charge in [-0.15, -0.1) is 11.3 Å². The number of nitrogens with zero attached hydrogens (tertiary/aromatic N) is 3. The van der Waals surface area contributed by atoms with Crippen molar-refractivity contribution in [1.82, 2.24) is 15.0 Å². The molecular formula is C51H31N3OS. The highest BCUT2D eigenvalue weighted by atomic mass is 32.1. The van der Waals surface area contributed by atoms with E-state index in [4.69, 9.17) is 19.4 Å². The van der Waals surface area contributed by atoms with Crippen LogP contribution in [-0.4, -0.2) is 15.0 Å². The number of para-hydroxylation sites is 2. The molecule has 0 saturated heterocycles. The molecule has 0 aliphatic heterocycles. The lowest BCUT2D eigenvalue weighted by atomic mass is 9.93. The highest BCUT2D eigenvalue weighted by molar-refractivity contribution is 7.25. The first kappa shape index (κ1) is 32.2. The summed E-state index contributed by atoms with van der Waals surface area (Å²) in [5, 5.41) is 4.70. The SMILES string of the molecule is c1ccc(-c2cccc(-c3nc(-c4ccccc4)nc(-c4ccc5c(c4)sc4ccc(-c6ccccc6-c6cccc7c6oc6ccccc67)cc45)n3)c2)cc1. The zero-order valence-corrected chi connectivity index (χ0v) is 30.9. The third-order valence-electron chi connectivity index (χ3n) is 10.6. The smallest absolute Gasteiger partial charge is 0.164 e. The van der Waals surface area contributed by atoms with Crippen LogP contribution in [0.2, 0.25) is 0 Å². The van der Waals surface area contributed by atoms with Crippen LogP contribution in [0.15, 0.2) is 192 Å². The maximum Gasteiger partial charge on any atom is 0.164 e. The van der Waals surface area contributed by atoms with E-state index < -0.39 is 0 Å². The molecule has 0 aliphatic rings. The molecule has 3 heterocycles. The molecule has 11 rings (SSSR count). The summed E-state index contributed by atoms with van der Waals surface area (Å²) >= 11 is 1.79. The highest BCUT2D eigenvalue weighted by Crippen LogP contribution is 2.43. The van der Waals surface area contributed by atoms with Crippen molar-refractivity contribution in [3.63, 3.8) is 0 Å². The summed E-state index contributed by atoms with van der Waals surface area (Å²) in [5.74, 6) is 1.94. The molecule has 0 aliphatic carbocycles. The van der Waals surface area contributed by atoms with Crippen molar-refractivity contribution < 1.29 is 4.42 Å². The summed E-state index contributed by atoms with van der Waals surface area (Å²) in [6, 6.07) is 65.7. The number of hydrogen-bond acceptors (Lipinski definition) is 5. The van der Waals surface area contributed by atoms with Crippen LogP contribution >= 0.6 is 11.3 Å². The molecule has 4 nitrogen and oxygen atoms in total. The molecular weight excluding hydrogens is 703 g/mol. The van der Waals surface area contributed by atoms with Crippen LogP contribution in [0, 0.1) is 0 Å². The molecule has 0 spiro atoms. The maximum absolute atomic E-state index is 6.47.